The van der Waals surface area contributed by atoms with Crippen molar-refractivity contribution in [2.24, 2.45) is 5.92 Å². The van der Waals surface area contributed by atoms with Gasteiger partial charge in [-0.1, -0.05) is 6.92 Å². The highest BCUT2D eigenvalue weighted by Crippen LogP contribution is 2.14. The van der Waals surface area contributed by atoms with E-state index in [9.17, 15) is 0 Å². The molecule has 1 aliphatic rings. The molecule has 0 saturated carbocycles. The summed E-state index contributed by atoms with van der Waals surface area (Å²) in [5.74, 6) is 0.818. The molecule has 0 amide bonds. The molecule has 1 N–H and O–H groups in total. The molecule has 1 fully saturated rings. The number of piperidine rings is 1. The average Bonchev–Trinajstić information content (AvgIpc) is 2.18. The third-order valence-electron chi connectivity index (χ3n) is 3.03. The van der Waals surface area contributed by atoms with Crippen molar-refractivity contribution in [3.63, 3.8) is 0 Å². The lowest BCUT2D eigenvalue weighted by Gasteiger charge is -2.34. The summed E-state index contributed by atoms with van der Waals surface area (Å²) in [6, 6.07) is 0.718. The highest BCUT2D eigenvalue weighted by Gasteiger charge is 2.21. The normalized spacial score (nSPS) is 28.3. The van der Waals surface area contributed by atoms with Gasteiger partial charge in [-0.3, -0.25) is 0 Å². The van der Waals surface area contributed by atoms with Crippen LogP contribution in [0.2, 0.25) is 0 Å². The number of hydrogen-bond acceptors (Lipinski definition) is 3. The maximum absolute atomic E-state index is 5.06. The zero-order chi connectivity index (χ0) is 10.4. The van der Waals surface area contributed by atoms with E-state index in [2.05, 4.69) is 24.2 Å². The highest BCUT2D eigenvalue weighted by atomic mass is 16.5. The van der Waals surface area contributed by atoms with Crippen LogP contribution >= 0.6 is 0 Å². The summed E-state index contributed by atoms with van der Waals surface area (Å²) >= 11 is 0. The summed E-state index contributed by atoms with van der Waals surface area (Å²) < 4.78 is 5.06. The molecular formula is C11H24N2O. The molecular weight excluding hydrogens is 176 g/mol. The third-order valence-corrected chi connectivity index (χ3v) is 3.03. The van der Waals surface area contributed by atoms with Crippen LogP contribution in [0.5, 0.6) is 0 Å². The molecule has 2 unspecified atom stereocenters. The fraction of sp³-hybridized carbons (Fsp3) is 1.00. The average molecular weight is 200 g/mol. The first-order valence-corrected chi connectivity index (χ1v) is 5.64. The van der Waals surface area contributed by atoms with Crippen molar-refractivity contribution in [3.8, 4) is 0 Å². The van der Waals surface area contributed by atoms with Gasteiger partial charge in [0.25, 0.3) is 0 Å². The number of likely N-dealkylation sites (N-methyl/N-ethyl adjacent to an activating group) is 1. The Morgan fingerprint density at radius 1 is 1.43 bits per heavy atom. The smallest absolute Gasteiger partial charge is 0.0474 e. The van der Waals surface area contributed by atoms with E-state index in [1.807, 2.05) is 0 Å². The SMILES string of the molecule is COCCCN(C)C1CNCC(C)C1. The van der Waals surface area contributed by atoms with Gasteiger partial charge < -0.3 is 15.0 Å². The molecule has 3 nitrogen and oxygen atoms in total. The quantitative estimate of drug-likeness (QED) is 0.669. The zero-order valence-electron chi connectivity index (χ0n) is 9.75. The van der Waals surface area contributed by atoms with Crippen LogP contribution in [0.4, 0.5) is 0 Å². The molecule has 0 aromatic carbocycles. The fourth-order valence-corrected chi connectivity index (χ4v) is 2.10. The van der Waals surface area contributed by atoms with E-state index in [1.54, 1.807) is 7.11 Å². The largest absolute Gasteiger partial charge is 0.385 e. The van der Waals surface area contributed by atoms with Crippen molar-refractivity contribution in [2.75, 3.05) is 40.4 Å². The van der Waals surface area contributed by atoms with Gasteiger partial charge in [-0.25, -0.2) is 0 Å². The Bertz CT molecular complexity index is 152. The molecule has 0 bridgehead atoms. The number of ether oxygens (including phenoxy) is 1. The molecule has 84 valence electrons. The molecule has 0 aliphatic carbocycles. The number of hydrogen-bond donors (Lipinski definition) is 1. The number of nitrogens with one attached hydrogen (secondary N) is 1. The predicted octanol–water partition coefficient (Wildman–Crippen LogP) is 0.953. The van der Waals surface area contributed by atoms with E-state index in [1.165, 1.54) is 13.0 Å². The second-order valence-electron chi connectivity index (χ2n) is 4.48. The molecule has 1 heterocycles. The maximum atomic E-state index is 5.06. The first-order valence-electron chi connectivity index (χ1n) is 5.64. The Labute approximate surface area is 87.8 Å². The Morgan fingerprint density at radius 2 is 2.21 bits per heavy atom. The Kier molecular flexibility index (Phi) is 5.45. The van der Waals surface area contributed by atoms with Gasteiger partial charge in [0, 0.05) is 32.8 Å². The van der Waals surface area contributed by atoms with E-state index in [4.69, 9.17) is 4.74 Å². The first-order chi connectivity index (χ1) is 6.74. The van der Waals surface area contributed by atoms with Crippen molar-refractivity contribution in [3.05, 3.63) is 0 Å². The standard InChI is InChI=1S/C11H24N2O/c1-10-7-11(9-12-8-10)13(2)5-4-6-14-3/h10-12H,4-9H2,1-3H3. The van der Waals surface area contributed by atoms with Crippen molar-refractivity contribution in [1.82, 2.24) is 10.2 Å². The third kappa shape index (κ3) is 3.95. The van der Waals surface area contributed by atoms with Crippen LogP contribution < -0.4 is 5.32 Å². The molecule has 2 atom stereocenters. The molecule has 0 aromatic heterocycles. The van der Waals surface area contributed by atoms with Gasteiger partial charge in [0.05, 0.1) is 0 Å². The molecule has 0 aromatic rings. The maximum Gasteiger partial charge on any atom is 0.0474 e. The second kappa shape index (κ2) is 6.38. The van der Waals surface area contributed by atoms with Crippen molar-refractivity contribution < 1.29 is 4.74 Å². The molecule has 1 rings (SSSR count). The minimum atomic E-state index is 0.718. The number of rotatable bonds is 5. The number of methoxy groups -OCH3 is 1. The molecule has 0 radical (unpaired) electrons. The van der Waals surface area contributed by atoms with E-state index in [0.29, 0.717) is 0 Å². The minimum absolute atomic E-state index is 0.718. The minimum Gasteiger partial charge on any atom is -0.385 e. The van der Waals surface area contributed by atoms with Crippen LogP contribution in [0.25, 0.3) is 0 Å². The highest BCUT2D eigenvalue weighted by molar-refractivity contribution is 4.79. The number of nitrogens with zero attached hydrogens (tertiary/aromatic N) is 1. The van der Waals surface area contributed by atoms with Gasteiger partial charge in [0.2, 0.25) is 0 Å². The lowest BCUT2D eigenvalue weighted by atomic mass is 9.97. The van der Waals surface area contributed by atoms with E-state index in [0.717, 1.165) is 38.1 Å². The summed E-state index contributed by atoms with van der Waals surface area (Å²) in [4.78, 5) is 2.46. The van der Waals surface area contributed by atoms with Crippen molar-refractivity contribution in [1.29, 1.82) is 0 Å². The van der Waals surface area contributed by atoms with Crippen molar-refractivity contribution >= 4 is 0 Å². The van der Waals surface area contributed by atoms with Gasteiger partial charge in [-0.15, -0.1) is 0 Å². The van der Waals surface area contributed by atoms with Crippen LogP contribution in [-0.4, -0.2) is 51.3 Å². The van der Waals surface area contributed by atoms with Crippen LogP contribution in [0.3, 0.4) is 0 Å². The summed E-state index contributed by atoms with van der Waals surface area (Å²) in [5.41, 5.74) is 0. The van der Waals surface area contributed by atoms with E-state index < -0.39 is 0 Å². The van der Waals surface area contributed by atoms with Crippen LogP contribution in [0, 0.1) is 5.92 Å². The van der Waals surface area contributed by atoms with Gasteiger partial charge in [-0.05, 0) is 32.4 Å². The monoisotopic (exact) mass is 200 g/mol. The molecule has 0 spiro atoms. The van der Waals surface area contributed by atoms with Gasteiger partial charge in [0.1, 0.15) is 0 Å². The Balaban J connectivity index is 2.18. The van der Waals surface area contributed by atoms with Crippen LogP contribution in [-0.2, 0) is 4.74 Å². The summed E-state index contributed by atoms with van der Waals surface area (Å²) in [6.45, 7) is 6.67. The predicted molar refractivity (Wildman–Crippen MR) is 59.6 cm³/mol. The Hall–Kier alpha value is -0.120. The van der Waals surface area contributed by atoms with Crippen molar-refractivity contribution in [2.45, 2.75) is 25.8 Å². The lowest BCUT2D eigenvalue weighted by molar-refractivity contribution is 0.144. The fourth-order valence-electron chi connectivity index (χ4n) is 2.10. The summed E-state index contributed by atoms with van der Waals surface area (Å²) in [5, 5.41) is 3.48. The molecule has 14 heavy (non-hydrogen) atoms. The molecule has 3 heteroatoms. The van der Waals surface area contributed by atoms with Crippen LogP contribution in [0.15, 0.2) is 0 Å². The zero-order valence-corrected chi connectivity index (χ0v) is 9.75. The van der Waals surface area contributed by atoms with Gasteiger partial charge in [-0.2, -0.15) is 0 Å². The van der Waals surface area contributed by atoms with Gasteiger partial charge in [0.15, 0.2) is 0 Å². The van der Waals surface area contributed by atoms with E-state index >= 15 is 0 Å². The first kappa shape index (κ1) is 12.0. The lowest BCUT2D eigenvalue weighted by Crippen LogP contribution is -2.47. The Morgan fingerprint density at radius 3 is 2.86 bits per heavy atom. The summed E-state index contributed by atoms with van der Waals surface area (Å²) in [7, 11) is 3.99. The molecule has 1 aliphatic heterocycles. The summed E-state index contributed by atoms with van der Waals surface area (Å²) in [6.07, 6.45) is 2.47. The second-order valence-corrected chi connectivity index (χ2v) is 4.48. The van der Waals surface area contributed by atoms with Gasteiger partial charge >= 0.3 is 0 Å². The van der Waals surface area contributed by atoms with E-state index in [-0.39, 0.29) is 0 Å². The molecule has 1 saturated heterocycles. The van der Waals surface area contributed by atoms with Crippen LogP contribution in [0.1, 0.15) is 19.8 Å². The topological polar surface area (TPSA) is 24.5 Å².